The van der Waals surface area contributed by atoms with Crippen LogP contribution in [0.4, 0.5) is 0 Å². The van der Waals surface area contributed by atoms with Gasteiger partial charge in [-0.1, -0.05) is 6.42 Å². The standard InChI is InChI=1S/C17H23NO2/c19-17-6-4-5-14-13-15(7-8-16(14)17)20-12-11-18-9-2-1-3-10-18/h7-8,13H,1-6,9-12H2. The predicted molar refractivity (Wildman–Crippen MR) is 79.5 cm³/mol. The number of ketones is 1. The van der Waals surface area contributed by atoms with Gasteiger partial charge in [-0.15, -0.1) is 0 Å². The van der Waals surface area contributed by atoms with Crippen molar-refractivity contribution in [2.45, 2.75) is 38.5 Å². The molecule has 1 aromatic rings. The first kappa shape index (κ1) is 13.6. The van der Waals surface area contributed by atoms with Crippen molar-refractivity contribution in [2.75, 3.05) is 26.2 Å². The van der Waals surface area contributed by atoms with Gasteiger partial charge in [-0.2, -0.15) is 0 Å². The third-order valence-electron chi connectivity index (χ3n) is 4.35. The lowest BCUT2D eigenvalue weighted by Crippen LogP contribution is -2.33. The molecule has 0 N–H and O–H groups in total. The summed E-state index contributed by atoms with van der Waals surface area (Å²) in [5, 5.41) is 0. The molecule has 0 atom stereocenters. The Balaban J connectivity index is 1.54. The van der Waals surface area contributed by atoms with Crippen molar-refractivity contribution in [3.8, 4) is 5.75 Å². The van der Waals surface area contributed by atoms with E-state index in [2.05, 4.69) is 11.0 Å². The summed E-state index contributed by atoms with van der Waals surface area (Å²) in [6.45, 7) is 4.17. The molecule has 1 aromatic carbocycles. The number of hydrogen-bond donors (Lipinski definition) is 0. The lowest BCUT2D eigenvalue weighted by molar-refractivity contribution is 0.0972. The Bertz CT molecular complexity index is 478. The van der Waals surface area contributed by atoms with Gasteiger partial charge < -0.3 is 4.74 Å². The molecule has 0 aromatic heterocycles. The van der Waals surface area contributed by atoms with Crippen molar-refractivity contribution in [2.24, 2.45) is 0 Å². The van der Waals surface area contributed by atoms with Gasteiger partial charge in [-0.25, -0.2) is 0 Å². The number of carbonyl (C=O) groups excluding carboxylic acids is 1. The third-order valence-corrected chi connectivity index (χ3v) is 4.35. The van der Waals surface area contributed by atoms with Crippen LogP contribution in [-0.2, 0) is 6.42 Å². The average molecular weight is 273 g/mol. The van der Waals surface area contributed by atoms with E-state index in [1.165, 1.54) is 32.4 Å². The number of hydrogen-bond acceptors (Lipinski definition) is 3. The third kappa shape index (κ3) is 3.21. The fourth-order valence-electron chi connectivity index (χ4n) is 3.19. The molecule has 20 heavy (non-hydrogen) atoms. The first-order valence-corrected chi connectivity index (χ1v) is 7.84. The molecule has 0 radical (unpaired) electrons. The largest absolute Gasteiger partial charge is 0.492 e. The second kappa shape index (κ2) is 6.40. The Morgan fingerprint density at radius 1 is 1.05 bits per heavy atom. The van der Waals surface area contributed by atoms with Crippen molar-refractivity contribution in [1.82, 2.24) is 4.90 Å². The molecule has 0 saturated carbocycles. The van der Waals surface area contributed by atoms with E-state index < -0.39 is 0 Å². The zero-order chi connectivity index (χ0) is 13.8. The van der Waals surface area contributed by atoms with Gasteiger partial charge in [-0.05, 0) is 62.5 Å². The molecule has 108 valence electrons. The maximum atomic E-state index is 11.8. The number of likely N-dealkylation sites (tertiary alicyclic amines) is 1. The van der Waals surface area contributed by atoms with Gasteiger partial charge >= 0.3 is 0 Å². The summed E-state index contributed by atoms with van der Waals surface area (Å²) in [7, 11) is 0. The molecule has 1 heterocycles. The van der Waals surface area contributed by atoms with Crippen molar-refractivity contribution in [3.63, 3.8) is 0 Å². The molecule has 3 rings (SSSR count). The summed E-state index contributed by atoms with van der Waals surface area (Å²) in [4.78, 5) is 14.2. The second-order valence-electron chi connectivity index (χ2n) is 5.85. The van der Waals surface area contributed by atoms with Crippen LogP contribution in [-0.4, -0.2) is 36.9 Å². The van der Waals surface area contributed by atoms with Crippen molar-refractivity contribution >= 4 is 5.78 Å². The fourth-order valence-corrected chi connectivity index (χ4v) is 3.19. The van der Waals surface area contributed by atoms with Crippen LogP contribution in [0.25, 0.3) is 0 Å². The Labute approximate surface area is 120 Å². The number of carbonyl (C=O) groups is 1. The summed E-state index contributed by atoms with van der Waals surface area (Å²) < 4.78 is 5.86. The zero-order valence-electron chi connectivity index (χ0n) is 12.1. The number of benzene rings is 1. The molecule has 1 fully saturated rings. The summed E-state index contributed by atoms with van der Waals surface area (Å²) in [6, 6.07) is 5.94. The van der Waals surface area contributed by atoms with E-state index in [1.807, 2.05) is 12.1 Å². The molecular weight excluding hydrogens is 250 g/mol. The van der Waals surface area contributed by atoms with Crippen molar-refractivity contribution in [3.05, 3.63) is 29.3 Å². The van der Waals surface area contributed by atoms with E-state index >= 15 is 0 Å². The number of rotatable bonds is 4. The maximum absolute atomic E-state index is 11.8. The van der Waals surface area contributed by atoms with Crippen LogP contribution >= 0.6 is 0 Å². The molecular formula is C17H23NO2. The van der Waals surface area contributed by atoms with E-state index in [0.717, 1.165) is 42.9 Å². The van der Waals surface area contributed by atoms with Gasteiger partial charge in [0.05, 0.1) is 0 Å². The minimum absolute atomic E-state index is 0.283. The lowest BCUT2D eigenvalue weighted by atomic mass is 9.91. The van der Waals surface area contributed by atoms with E-state index in [0.29, 0.717) is 6.42 Å². The first-order chi connectivity index (χ1) is 9.83. The minimum Gasteiger partial charge on any atom is -0.492 e. The van der Waals surface area contributed by atoms with Gasteiger partial charge in [-0.3, -0.25) is 9.69 Å². The van der Waals surface area contributed by atoms with E-state index in [4.69, 9.17) is 4.74 Å². The number of piperidine rings is 1. The number of ether oxygens (including phenoxy) is 1. The smallest absolute Gasteiger partial charge is 0.163 e. The molecule has 1 aliphatic heterocycles. The normalized spacial score (nSPS) is 19.7. The number of aryl methyl sites for hydroxylation is 1. The Morgan fingerprint density at radius 3 is 2.75 bits per heavy atom. The number of fused-ring (bicyclic) bond motifs is 1. The Kier molecular flexibility index (Phi) is 4.36. The zero-order valence-corrected chi connectivity index (χ0v) is 12.1. The summed E-state index contributed by atoms with van der Waals surface area (Å²) in [6.07, 6.45) is 6.69. The van der Waals surface area contributed by atoms with Crippen LogP contribution in [0.15, 0.2) is 18.2 Å². The van der Waals surface area contributed by atoms with Crippen LogP contribution in [0.1, 0.15) is 48.0 Å². The molecule has 3 heteroatoms. The van der Waals surface area contributed by atoms with Crippen LogP contribution < -0.4 is 4.74 Å². The maximum Gasteiger partial charge on any atom is 0.163 e. The van der Waals surface area contributed by atoms with Crippen LogP contribution in [0.5, 0.6) is 5.75 Å². The Morgan fingerprint density at radius 2 is 1.90 bits per heavy atom. The summed E-state index contributed by atoms with van der Waals surface area (Å²) in [5.74, 6) is 1.20. The van der Waals surface area contributed by atoms with Gasteiger partial charge in [0.25, 0.3) is 0 Å². The van der Waals surface area contributed by atoms with E-state index in [9.17, 15) is 4.79 Å². The molecule has 0 amide bonds. The van der Waals surface area contributed by atoms with Crippen LogP contribution in [0.3, 0.4) is 0 Å². The van der Waals surface area contributed by atoms with Crippen molar-refractivity contribution in [1.29, 1.82) is 0 Å². The molecule has 1 saturated heterocycles. The van der Waals surface area contributed by atoms with E-state index in [-0.39, 0.29) is 5.78 Å². The monoisotopic (exact) mass is 273 g/mol. The van der Waals surface area contributed by atoms with Gasteiger partial charge in [0.2, 0.25) is 0 Å². The molecule has 1 aliphatic carbocycles. The first-order valence-electron chi connectivity index (χ1n) is 7.84. The molecule has 0 unspecified atom stereocenters. The minimum atomic E-state index is 0.283. The fraction of sp³-hybridized carbons (Fsp3) is 0.588. The highest BCUT2D eigenvalue weighted by atomic mass is 16.5. The summed E-state index contributed by atoms with van der Waals surface area (Å²) in [5.41, 5.74) is 2.07. The molecule has 0 spiro atoms. The highest BCUT2D eigenvalue weighted by molar-refractivity contribution is 5.98. The Hall–Kier alpha value is -1.35. The van der Waals surface area contributed by atoms with Gasteiger partial charge in [0, 0.05) is 18.5 Å². The lowest BCUT2D eigenvalue weighted by Gasteiger charge is -2.26. The van der Waals surface area contributed by atoms with Gasteiger partial charge in [0.15, 0.2) is 5.78 Å². The molecule has 3 nitrogen and oxygen atoms in total. The highest BCUT2D eigenvalue weighted by Crippen LogP contribution is 2.25. The quantitative estimate of drug-likeness (QED) is 0.844. The second-order valence-corrected chi connectivity index (χ2v) is 5.85. The SMILES string of the molecule is O=C1CCCc2cc(OCCN3CCCCC3)ccc21. The average Bonchev–Trinajstić information content (AvgIpc) is 2.48. The highest BCUT2D eigenvalue weighted by Gasteiger charge is 2.17. The van der Waals surface area contributed by atoms with Gasteiger partial charge in [0.1, 0.15) is 12.4 Å². The number of nitrogens with zero attached hydrogens (tertiary/aromatic N) is 1. The molecule has 0 bridgehead atoms. The topological polar surface area (TPSA) is 29.5 Å². The van der Waals surface area contributed by atoms with Crippen LogP contribution in [0.2, 0.25) is 0 Å². The molecule has 2 aliphatic rings. The van der Waals surface area contributed by atoms with Crippen LogP contribution in [0, 0.1) is 0 Å². The summed E-state index contributed by atoms with van der Waals surface area (Å²) >= 11 is 0. The van der Waals surface area contributed by atoms with Crippen molar-refractivity contribution < 1.29 is 9.53 Å². The number of Topliss-reactive ketones (excluding diaryl/α,β-unsaturated/α-hetero) is 1. The van der Waals surface area contributed by atoms with E-state index in [1.54, 1.807) is 0 Å². The predicted octanol–water partition coefficient (Wildman–Crippen LogP) is 3.07.